The molecule has 0 saturated heterocycles. The van der Waals surface area contributed by atoms with E-state index >= 15 is 0 Å². The first kappa shape index (κ1) is 8.86. The summed E-state index contributed by atoms with van der Waals surface area (Å²) in [5.74, 6) is -0.561. The summed E-state index contributed by atoms with van der Waals surface area (Å²) in [6.07, 6.45) is 1.03. The van der Waals surface area contributed by atoms with Gasteiger partial charge in [-0.15, -0.1) is 0 Å². The summed E-state index contributed by atoms with van der Waals surface area (Å²) in [6, 6.07) is 1.06. The molecule has 0 aliphatic heterocycles. The lowest BCUT2D eigenvalue weighted by atomic mass is 10.3. The van der Waals surface area contributed by atoms with E-state index < -0.39 is 11.1 Å². The molecule has 0 fully saturated rings. The Balaban J connectivity index is 3.23. The number of halogens is 3. The smallest absolute Gasteiger partial charge is 0.255 e. The molecule has 0 aliphatic rings. The van der Waals surface area contributed by atoms with Crippen molar-refractivity contribution in [3.8, 4) is 0 Å². The lowest BCUT2D eigenvalue weighted by Gasteiger charge is -1.95. The van der Waals surface area contributed by atoms with Crippen LogP contribution in [0, 0.1) is 9.52 Å². The zero-order valence-corrected chi connectivity index (χ0v) is 8.06. The molecule has 1 aromatic rings. The van der Waals surface area contributed by atoms with Crippen LogP contribution >= 0.6 is 34.2 Å². The third kappa shape index (κ3) is 2.10. The molecule has 1 heterocycles. The zero-order valence-electron chi connectivity index (χ0n) is 5.14. The zero-order chi connectivity index (χ0) is 8.43. The number of nitrogens with zero attached hydrogens (tertiary/aromatic N) is 1. The van der Waals surface area contributed by atoms with Gasteiger partial charge in [-0.05, 0) is 40.3 Å². The van der Waals surface area contributed by atoms with Crippen LogP contribution < -0.4 is 0 Å². The minimum Gasteiger partial charge on any atom is -0.276 e. The van der Waals surface area contributed by atoms with Crippen molar-refractivity contribution in [3.63, 3.8) is 0 Å². The molecular formula is C6H2ClFINO. The number of hydrogen-bond acceptors (Lipinski definition) is 2. The van der Waals surface area contributed by atoms with Gasteiger partial charge in [0.25, 0.3) is 5.24 Å². The molecule has 1 aromatic heterocycles. The van der Waals surface area contributed by atoms with Crippen LogP contribution in [0.15, 0.2) is 12.3 Å². The van der Waals surface area contributed by atoms with Crippen molar-refractivity contribution < 1.29 is 9.18 Å². The average Bonchev–Trinajstić information content (AvgIpc) is 1.94. The Labute approximate surface area is 80.9 Å². The van der Waals surface area contributed by atoms with Gasteiger partial charge in [-0.25, -0.2) is 9.37 Å². The monoisotopic (exact) mass is 285 g/mol. The van der Waals surface area contributed by atoms with Gasteiger partial charge in [-0.3, -0.25) is 4.79 Å². The van der Waals surface area contributed by atoms with E-state index in [0.29, 0.717) is 3.70 Å². The number of rotatable bonds is 1. The van der Waals surface area contributed by atoms with Gasteiger partial charge in [0.15, 0.2) is 0 Å². The van der Waals surface area contributed by atoms with E-state index in [1.807, 2.05) is 22.6 Å². The van der Waals surface area contributed by atoms with Crippen molar-refractivity contribution in [2.24, 2.45) is 0 Å². The lowest BCUT2D eigenvalue weighted by Crippen LogP contribution is -1.96. The van der Waals surface area contributed by atoms with Crippen LogP contribution in [0.4, 0.5) is 4.39 Å². The Bertz CT molecular complexity index is 305. The second kappa shape index (κ2) is 3.44. The van der Waals surface area contributed by atoms with Crippen LogP contribution in [0.1, 0.15) is 10.4 Å². The highest BCUT2D eigenvalue weighted by atomic mass is 127. The maximum absolute atomic E-state index is 12.4. The fraction of sp³-hybridized carbons (Fsp3) is 0. The van der Waals surface area contributed by atoms with E-state index in [2.05, 4.69) is 4.98 Å². The van der Waals surface area contributed by atoms with Gasteiger partial charge in [-0.2, -0.15) is 0 Å². The van der Waals surface area contributed by atoms with Crippen molar-refractivity contribution in [2.75, 3.05) is 0 Å². The molecule has 0 atom stereocenters. The topological polar surface area (TPSA) is 30.0 Å². The third-order valence-electron chi connectivity index (χ3n) is 1.02. The molecule has 0 N–H and O–H groups in total. The lowest BCUT2D eigenvalue weighted by molar-refractivity contribution is 0.107. The first-order chi connectivity index (χ1) is 5.11. The highest BCUT2D eigenvalue weighted by molar-refractivity contribution is 14.1. The summed E-state index contributed by atoms with van der Waals surface area (Å²) < 4.78 is 12.8. The van der Waals surface area contributed by atoms with Crippen molar-refractivity contribution in [3.05, 3.63) is 27.3 Å². The van der Waals surface area contributed by atoms with Crippen LogP contribution in [0.25, 0.3) is 0 Å². The van der Waals surface area contributed by atoms with E-state index in [1.54, 1.807) is 0 Å². The summed E-state index contributed by atoms with van der Waals surface area (Å²) in [5.41, 5.74) is 0.104. The molecule has 0 aliphatic carbocycles. The molecular weight excluding hydrogens is 283 g/mol. The number of pyridine rings is 1. The number of hydrogen-bond donors (Lipinski definition) is 0. The van der Waals surface area contributed by atoms with Gasteiger partial charge in [0.1, 0.15) is 9.52 Å². The molecule has 0 saturated carbocycles. The predicted molar refractivity (Wildman–Crippen MR) is 47.1 cm³/mol. The van der Waals surface area contributed by atoms with E-state index in [1.165, 1.54) is 0 Å². The minimum absolute atomic E-state index is 0.104. The van der Waals surface area contributed by atoms with Gasteiger partial charge >= 0.3 is 0 Å². The largest absolute Gasteiger partial charge is 0.276 e. The maximum Gasteiger partial charge on any atom is 0.255 e. The van der Waals surface area contributed by atoms with Crippen LogP contribution in [-0.2, 0) is 0 Å². The van der Waals surface area contributed by atoms with Crippen LogP contribution in [0.5, 0.6) is 0 Å². The Morgan fingerprint density at radius 2 is 2.36 bits per heavy atom. The van der Waals surface area contributed by atoms with Crippen LogP contribution in [0.2, 0.25) is 0 Å². The molecule has 1 rings (SSSR count). The van der Waals surface area contributed by atoms with Crippen molar-refractivity contribution >= 4 is 39.4 Å². The fourth-order valence-electron chi connectivity index (χ4n) is 0.560. The standard InChI is InChI=1S/C6H2ClFINO/c7-5(11)4-1-3(8)2-10-6(4)9/h1-2H. The normalized spacial score (nSPS) is 9.73. The Hall–Kier alpha value is -0.230. The molecule has 5 heteroatoms. The van der Waals surface area contributed by atoms with Crippen molar-refractivity contribution in [2.45, 2.75) is 0 Å². The fourth-order valence-corrected chi connectivity index (χ4v) is 1.40. The quantitative estimate of drug-likeness (QED) is 0.450. The Morgan fingerprint density at radius 1 is 1.73 bits per heavy atom. The number of aromatic nitrogens is 1. The summed E-state index contributed by atoms with van der Waals surface area (Å²) in [5, 5.41) is -0.693. The molecule has 0 spiro atoms. The second-order valence-corrected chi connectivity index (χ2v) is 3.13. The summed E-state index contributed by atoms with van der Waals surface area (Å²) in [7, 11) is 0. The molecule has 0 amide bonds. The summed E-state index contributed by atoms with van der Waals surface area (Å²) in [4.78, 5) is 14.2. The molecule has 0 radical (unpaired) electrons. The highest BCUT2D eigenvalue weighted by Gasteiger charge is 2.08. The van der Waals surface area contributed by atoms with Crippen molar-refractivity contribution in [1.82, 2.24) is 4.98 Å². The highest BCUT2D eigenvalue weighted by Crippen LogP contribution is 2.12. The Kier molecular flexibility index (Phi) is 2.78. The van der Waals surface area contributed by atoms with E-state index in [9.17, 15) is 9.18 Å². The molecule has 11 heavy (non-hydrogen) atoms. The van der Waals surface area contributed by atoms with Crippen LogP contribution in [0.3, 0.4) is 0 Å². The number of carbonyl (C=O) groups is 1. The van der Waals surface area contributed by atoms with Gasteiger partial charge in [0, 0.05) is 0 Å². The van der Waals surface area contributed by atoms with Crippen LogP contribution in [-0.4, -0.2) is 10.2 Å². The molecule has 0 bridgehead atoms. The number of carbonyl (C=O) groups excluding carboxylic acids is 1. The van der Waals surface area contributed by atoms with E-state index in [0.717, 1.165) is 12.3 Å². The van der Waals surface area contributed by atoms with Gasteiger partial charge < -0.3 is 0 Å². The SMILES string of the molecule is O=C(Cl)c1cc(F)cnc1I. The Morgan fingerprint density at radius 3 is 2.82 bits per heavy atom. The molecule has 0 unspecified atom stereocenters. The first-order valence-corrected chi connectivity index (χ1v) is 4.08. The summed E-state index contributed by atoms with van der Waals surface area (Å²) >= 11 is 6.94. The maximum atomic E-state index is 12.4. The molecule has 2 nitrogen and oxygen atoms in total. The van der Waals surface area contributed by atoms with Crippen molar-refractivity contribution in [1.29, 1.82) is 0 Å². The van der Waals surface area contributed by atoms with Gasteiger partial charge in [-0.1, -0.05) is 0 Å². The average molecular weight is 285 g/mol. The van der Waals surface area contributed by atoms with E-state index in [4.69, 9.17) is 11.6 Å². The van der Waals surface area contributed by atoms with Gasteiger partial charge in [0.05, 0.1) is 11.8 Å². The van der Waals surface area contributed by atoms with Gasteiger partial charge in [0.2, 0.25) is 0 Å². The van der Waals surface area contributed by atoms with E-state index in [-0.39, 0.29) is 5.56 Å². The summed E-state index contributed by atoms with van der Waals surface area (Å²) in [6.45, 7) is 0. The third-order valence-corrected chi connectivity index (χ3v) is 2.08. The predicted octanol–water partition coefficient (Wildman–Crippen LogP) is 2.20. The molecule has 0 aromatic carbocycles. The second-order valence-electron chi connectivity index (χ2n) is 1.77. The first-order valence-electron chi connectivity index (χ1n) is 2.62. The minimum atomic E-state index is -0.693. The molecule has 58 valence electrons.